The van der Waals surface area contributed by atoms with Gasteiger partial charge < -0.3 is 0 Å². The van der Waals surface area contributed by atoms with Crippen molar-refractivity contribution in [2.75, 3.05) is 0 Å². The van der Waals surface area contributed by atoms with Gasteiger partial charge in [-0.25, -0.2) is 9.97 Å². The molecular formula is C42H30N4. The van der Waals surface area contributed by atoms with Gasteiger partial charge >= 0.3 is 0 Å². The Morgan fingerprint density at radius 3 is 1.50 bits per heavy atom. The summed E-state index contributed by atoms with van der Waals surface area (Å²) in [4.78, 5) is 20.6. The number of aromatic nitrogens is 4. The zero-order chi connectivity index (χ0) is 31.0. The molecule has 0 bridgehead atoms. The first-order valence-corrected chi connectivity index (χ1v) is 15.5. The molecule has 0 saturated heterocycles. The Morgan fingerprint density at radius 2 is 0.913 bits per heavy atom. The lowest BCUT2D eigenvalue weighted by Gasteiger charge is -2.17. The lowest BCUT2D eigenvalue weighted by molar-refractivity contribution is 1.21. The van der Waals surface area contributed by atoms with Crippen molar-refractivity contribution >= 4 is 21.8 Å². The smallest absolute Gasteiger partial charge is 0.0974 e. The quantitative estimate of drug-likeness (QED) is 0.187. The van der Waals surface area contributed by atoms with Gasteiger partial charge in [0.2, 0.25) is 0 Å². The van der Waals surface area contributed by atoms with Crippen LogP contribution in [0.25, 0.3) is 78.0 Å². The predicted octanol–water partition coefficient (Wildman–Crippen LogP) is 10.5. The van der Waals surface area contributed by atoms with E-state index in [1.54, 1.807) is 0 Å². The Bertz CT molecular complexity index is 2370. The minimum Gasteiger partial charge on any atom is -0.254 e. The first-order valence-electron chi connectivity index (χ1n) is 15.5. The minimum atomic E-state index is 0.838. The van der Waals surface area contributed by atoms with Crippen LogP contribution < -0.4 is 0 Å². The van der Waals surface area contributed by atoms with E-state index in [1.165, 1.54) is 5.56 Å². The first-order chi connectivity index (χ1) is 22.6. The van der Waals surface area contributed by atoms with E-state index in [9.17, 15) is 0 Å². The van der Waals surface area contributed by atoms with E-state index in [2.05, 4.69) is 117 Å². The fourth-order valence-corrected chi connectivity index (χ4v) is 6.32. The summed E-state index contributed by atoms with van der Waals surface area (Å²) in [6.45, 7) is 4.19. The van der Waals surface area contributed by atoms with Crippen LogP contribution in [0, 0.1) is 13.8 Å². The highest BCUT2D eigenvalue weighted by Gasteiger charge is 2.20. The zero-order valence-electron chi connectivity index (χ0n) is 25.6. The Hall–Kier alpha value is -6.00. The molecule has 3 heterocycles. The second kappa shape index (κ2) is 11.5. The van der Waals surface area contributed by atoms with Crippen molar-refractivity contribution in [2.24, 2.45) is 0 Å². The van der Waals surface area contributed by atoms with Crippen LogP contribution in [0.15, 0.2) is 146 Å². The molecule has 0 unspecified atom stereocenters. The van der Waals surface area contributed by atoms with Crippen molar-refractivity contribution in [1.82, 2.24) is 19.9 Å². The lowest BCUT2D eigenvalue weighted by atomic mass is 9.94. The van der Waals surface area contributed by atoms with Crippen LogP contribution in [0.2, 0.25) is 0 Å². The van der Waals surface area contributed by atoms with Gasteiger partial charge in [-0.3, -0.25) is 9.97 Å². The van der Waals surface area contributed by atoms with Crippen molar-refractivity contribution in [3.05, 3.63) is 157 Å². The van der Waals surface area contributed by atoms with Gasteiger partial charge in [-0.15, -0.1) is 0 Å². The van der Waals surface area contributed by atoms with Crippen LogP contribution in [0.4, 0.5) is 0 Å². The van der Waals surface area contributed by atoms with Gasteiger partial charge in [0.15, 0.2) is 0 Å². The molecular weight excluding hydrogens is 560 g/mol. The van der Waals surface area contributed by atoms with E-state index in [-0.39, 0.29) is 0 Å². The molecule has 3 aromatic heterocycles. The van der Waals surface area contributed by atoms with E-state index in [4.69, 9.17) is 19.9 Å². The van der Waals surface area contributed by atoms with Crippen LogP contribution in [-0.4, -0.2) is 19.9 Å². The van der Waals surface area contributed by atoms with E-state index in [0.29, 0.717) is 0 Å². The topological polar surface area (TPSA) is 51.6 Å². The molecule has 0 atom stereocenters. The van der Waals surface area contributed by atoms with Crippen molar-refractivity contribution in [3.8, 4) is 56.2 Å². The Morgan fingerprint density at radius 1 is 0.391 bits per heavy atom. The molecule has 8 aromatic rings. The number of pyridine rings is 2. The summed E-state index contributed by atoms with van der Waals surface area (Å²) in [6.07, 6.45) is 1.85. The zero-order valence-corrected chi connectivity index (χ0v) is 25.6. The molecule has 218 valence electrons. The van der Waals surface area contributed by atoms with Gasteiger partial charge in [-0.1, -0.05) is 115 Å². The molecule has 0 saturated carbocycles. The highest BCUT2D eigenvalue weighted by Crippen LogP contribution is 2.39. The molecule has 0 fully saturated rings. The van der Waals surface area contributed by atoms with Crippen LogP contribution >= 0.6 is 0 Å². The molecule has 8 rings (SSSR count). The first kappa shape index (κ1) is 27.5. The van der Waals surface area contributed by atoms with Crippen LogP contribution in [-0.2, 0) is 0 Å². The minimum absolute atomic E-state index is 0.838. The maximum Gasteiger partial charge on any atom is 0.0974 e. The molecule has 4 nitrogen and oxygen atoms in total. The summed E-state index contributed by atoms with van der Waals surface area (Å²) in [5.74, 6) is 0. The normalized spacial score (nSPS) is 11.3. The predicted molar refractivity (Wildman–Crippen MR) is 189 cm³/mol. The van der Waals surface area contributed by atoms with Crippen molar-refractivity contribution in [1.29, 1.82) is 0 Å². The molecule has 4 heteroatoms. The maximum atomic E-state index is 5.45. The Labute approximate surface area is 268 Å². The highest BCUT2D eigenvalue weighted by atomic mass is 14.9. The monoisotopic (exact) mass is 590 g/mol. The molecule has 0 aliphatic heterocycles. The summed E-state index contributed by atoms with van der Waals surface area (Å²) in [5, 5.41) is 2.22. The summed E-state index contributed by atoms with van der Waals surface area (Å²) in [7, 11) is 0. The largest absolute Gasteiger partial charge is 0.254 e. The summed E-state index contributed by atoms with van der Waals surface area (Å²) < 4.78 is 0. The van der Waals surface area contributed by atoms with Crippen molar-refractivity contribution in [2.45, 2.75) is 13.8 Å². The molecule has 46 heavy (non-hydrogen) atoms. The van der Waals surface area contributed by atoms with Crippen LogP contribution in [0.3, 0.4) is 0 Å². The highest BCUT2D eigenvalue weighted by molar-refractivity contribution is 6.09. The molecule has 0 amide bonds. The molecule has 0 aliphatic carbocycles. The SMILES string of the molecule is Cc1cc(-c2cccc(-c3nc(-c4ccccc4)c(-c4ccccc4)nc3-c3ccccc3)c2)c2cc(C)c3cccnc3c2n1. The van der Waals surface area contributed by atoms with Gasteiger partial charge in [-0.2, -0.15) is 0 Å². The van der Waals surface area contributed by atoms with Gasteiger partial charge in [0.1, 0.15) is 0 Å². The van der Waals surface area contributed by atoms with Gasteiger partial charge in [0.25, 0.3) is 0 Å². The number of hydrogen-bond acceptors (Lipinski definition) is 4. The van der Waals surface area contributed by atoms with E-state index < -0.39 is 0 Å². The Balaban J connectivity index is 1.39. The number of nitrogens with zero attached hydrogens (tertiary/aromatic N) is 4. The second-order valence-corrected chi connectivity index (χ2v) is 11.6. The van der Waals surface area contributed by atoms with Crippen LogP contribution in [0.1, 0.15) is 11.3 Å². The number of hydrogen-bond donors (Lipinski definition) is 0. The fraction of sp³-hybridized carbons (Fsp3) is 0.0476. The number of benzene rings is 5. The average molecular weight is 591 g/mol. The van der Waals surface area contributed by atoms with E-state index >= 15 is 0 Å². The molecule has 0 aliphatic rings. The lowest BCUT2D eigenvalue weighted by Crippen LogP contribution is -2.01. The standard InChI is InChI=1S/C42H30N4/c1-27-24-36-35(25-28(2)44-42(36)41-34(27)22-13-23-43-41)32-20-12-21-33(26-32)40-39(31-18-10-5-11-19-31)45-37(29-14-6-3-7-15-29)38(46-40)30-16-8-4-9-17-30/h3-26H,1-2H3. The van der Waals surface area contributed by atoms with Gasteiger partial charge in [0, 0.05) is 44.9 Å². The number of aryl methyl sites for hydroxylation is 2. The van der Waals surface area contributed by atoms with Gasteiger partial charge in [0.05, 0.1) is 33.8 Å². The summed E-state index contributed by atoms with van der Waals surface area (Å²) in [6, 6.07) is 48.2. The molecule has 0 N–H and O–H groups in total. The maximum absolute atomic E-state index is 5.45. The van der Waals surface area contributed by atoms with Crippen molar-refractivity contribution < 1.29 is 0 Å². The van der Waals surface area contributed by atoms with Gasteiger partial charge in [-0.05, 0) is 54.8 Å². The average Bonchev–Trinajstić information content (AvgIpc) is 3.12. The third-order valence-corrected chi connectivity index (χ3v) is 8.49. The second-order valence-electron chi connectivity index (χ2n) is 11.6. The van der Waals surface area contributed by atoms with E-state index in [0.717, 1.165) is 83.7 Å². The summed E-state index contributed by atoms with van der Waals surface area (Å²) >= 11 is 0. The fourth-order valence-electron chi connectivity index (χ4n) is 6.32. The summed E-state index contributed by atoms with van der Waals surface area (Å²) in [5.41, 5.74) is 13.7. The molecule has 0 radical (unpaired) electrons. The third-order valence-electron chi connectivity index (χ3n) is 8.49. The number of fused-ring (bicyclic) bond motifs is 3. The van der Waals surface area contributed by atoms with Crippen molar-refractivity contribution in [3.63, 3.8) is 0 Å². The molecule has 0 spiro atoms. The Kier molecular flexibility index (Phi) is 6.88. The van der Waals surface area contributed by atoms with E-state index in [1.807, 2.05) is 42.6 Å². The molecule has 5 aromatic carbocycles. The third kappa shape index (κ3) is 4.90. The van der Waals surface area contributed by atoms with Crippen LogP contribution in [0.5, 0.6) is 0 Å². The number of rotatable bonds is 5.